The van der Waals surface area contributed by atoms with Gasteiger partial charge in [-0.2, -0.15) is 0 Å². The molecule has 2 aliphatic heterocycles. The highest BCUT2D eigenvalue weighted by Gasteiger charge is 2.44. The lowest BCUT2D eigenvalue weighted by Crippen LogP contribution is -2.37. The van der Waals surface area contributed by atoms with Gasteiger partial charge in [0.1, 0.15) is 11.0 Å². The van der Waals surface area contributed by atoms with Crippen LogP contribution in [0.3, 0.4) is 0 Å². The number of unbranched alkanes of at least 4 members (excludes halogenated alkanes) is 1. The van der Waals surface area contributed by atoms with Gasteiger partial charge in [0.05, 0.1) is 6.42 Å². The second kappa shape index (κ2) is 13.5. The van der Waals surface area contributed by atoms with Crippen LogP contribution in [0.2, 0.25) is 5.02 Å². The van der Waals surface area contributed by atoms with Crippen molar-refractivity contribution in [2.75, 3.05) is 18.0 Å². The molecule has 3 heterocycles. The number of carboxylic acid groups (broad SMARTS) is 1. The van der Waals surface area contributed by atoms with Gasteiger partial charge in [-0.05, 0) is 62.3 Å². The van der Waals surface area contributed by atoms with Crippen LogP contribution in [0.15, 0.2) is 48.5 Å². The summed E-state index contributed by atoms with van der Waals surface area (Å²) in [5.41, 5.74) is 3.02. The van der Waals surface area contributed by atoms with E-state index in [0.717, 1.165) is 47.5 Å². The lowest BCUT2D eigenvalue weighted by Gasteiger charge is -2.20. The van der Waals surface area contributed by atoms with Crippen molar-refractivity contribution in [3.05, 3.63) is 64.7 Å². The first-order valence-electron chi connectivity index (χ1n) is 13.7. The highest BCUT2D eigenvalue weighted by molar-refractivity contribution is 7.18. The molecule has 0 spiro atoms. The Morgan fingerprint density at radius 3 is 2.62 bits per heavy atom. The number of nitrogens with zero attached hydrogens (tertiary/aromatic N) is 4. The van der Waals surface area contributed by atoms with Crippen molar-refractivity contribution >= 4 is 39.9 Å². The van der Waals surface area contributed by atoms with Crippen molar-refractivity contribution in [1.82, 2.24) is 15.1 Å². The fraction of sp³-hybridized carbons (Fsp3) is 0.467. The fourth-order valence-corrected chi connectivity index (χ4v) is 6.67. The maximum absolute atomic E-state index is 13.0. The van der Waals surface area contributed by atoms with Gasteiger partial charge >= 0.3 is 5.97 Å². The number of amides is 1. The van der Waals surface area contributed by atoms with Crippen molar-refractivity contribution in [1.29, 1.82) is 0 Å². The molecule has 2 aromatic carbocycles. The Balaban J connectivity index is 0.000000243. The summed E-state index contributed by atoms with van der Waals surface area (Å²) in [5, 5.41) is 19.7. The highest BCUT2D eigenvalue weighted by atomic mass is 35.5. The molecule has 1 aromatic heterocycles. The smallest absolute Gasteiger partial charge is 0.320 e. The van der Waals surface area contributed by atoms with Crippen molar-refractivity contribution in [2.45, 2.75) is 71.4 Å². The normalized spacial score (nSPS) is 20.3. The van der Waals surface area contributed by atoms with Crippen LogP contribution in [-0.2, 0) is 16.0 Å². The van der Waals surface area contributed by atoms with E-state index in [9.17, 15) is 9.59 Å². The molecule has 0 bridgehead atoms. The Labute approximate surface area is 239 Å². The van der Waals surface area contributed by atoms with Gasteiger partial charge in [-0.25, -0.2) is 0 Å². The van der Waals surface area contributed by atoms with E-state index < -0.39 is 5.97 Å². The maximum atomic E-state index is 13.0. The molecule has 3 aromatic rings. The van der Waals surface area contributed by atoms with Gasteiger partial charge in [-0.15, -0.1) is 10.2 Å². The average Bonchev–Trinajstić information content (AvgIpc) is 3.65. The number of halogens is 1. The molecule has 0 aliphatic carbocycles. The Kier molecular flexibility index (Phi) is 10.1. The molecule has 1 amide bonds. The third-order valence-electron chi connectivity index (χ3n) is 7.64. The standard InChI is InChI=1S/C21H22ClN3OS.C9H15NO2/c1-3-4-13-25(19(26)14-16-10-6-8-12-18(16)22)21-24-23-20(27-21)17-11-7-5-9-15(17)2;1-6-5-8(9(11)12)10-4-2-3-7(6)10/h5-12H,3-4,13-14H2,1-2H3;6-8H,2-5H2,1H3,(H,11,12). The van der Waals surface area contributed by atoms with Crippen LogP contribution in [-0.4, -0.2) is 57.3 Å². The first-order chi connectivity index (χ1) is 18.8. The number of benzene rings is 2. The summed E-state index contributed by atoms with van der Waals surface area (Å²) in [7, 11) is 0. The van der Waals surface area contributed by atoms with Crippen molar-refractivity contribution < 1.29 is 14.7 Å². The van der Waals surface area contributed by atoms with E-state index in [1.807, 2.05) is 55.5 Å². The number of rotatable bonds is 8. The largest absolute Gasteiger partial charge is 0.480 e. The molecule has 7 nitrogen and oxygen atoms in total. The molecule has 39 heavy (non-hydrogen) atoms. The Bertz CT molecular complexity index is 1280. The minimum atomic E-state index is -0.633. The lowest BCUT2D eigenvalue weighted by molar-refractivity contribution is -0.142. The molecule has 0 saturated carbocycles. The van der Waals surface area contributed by atoms with Gasteiger partial charge in [-0.1, -0.05) is 85.7 Å². The predicted molar refractivity (Wildman–Crippen MR) is 157 cm³/mol. The third-order valence-corrected chi connectivity index (χ3v) is 8.98. The highest BCUT2D eigenvalue weighted by Crippen LogP contribution is 2.36. The van der Waals surface area contributed by atoms with E-state index in [1.54, 1.807) is 4.90 Å². The fourth-order valence-electron chi connectivity index (χ4n) is 5.49. The van der Waals surface area contributed by atoms with Crippen LogP contribution < -0.4 is 4.90 Å². The molecule has 2 aliphatic rings. The van der Waals surface area contributed by atoms with Crippen molar-refractivity contribution in [2.24, 2.45) is 5.92 Å². The molecule has 9 heteroatoms. The molecule has 208 valence electrons. The first kappa shape index (κ1) is 29.2. The Hall–Kier alpha value is -2.81. The number of aliphatic carboxylic acids is 1. The minimum absolute atomic E-state index is 0.0102. The van der Waals surface area contributed by atoms with Gasteiger partial charge < -0.3 is 5.11 Å². The summed E-state index contributed by atoms with van der Waals surface area (Å²) < 4.78 is 0. The molecule has 5 rings (SSSR count). The summed E-state index contributed by atoms with van der Waals surface area (Å²) in [5.74, 6) is -0.0658. The Morgan fingerprint density at radius 1 is 1.15 bits per heavy atom. The number of carbonyl (C=O) groups excluding carboxylic acids is 1. The second-order valence-electron chi connectivity index (χ2n) is 10.4. The lowest BCUT2D eigenvalue weighted by atomic mass is 9.99. The topological polar surface area (TPSA) is 86.6 Å². The molecule has 3 atom stereocenters. The number of carbonyl (C=O) groups is 2. The molecule has 2 fully saturated rings. The van der Waals surface area contributed by atoms with Crippen LogP contribution in [0.1, 0.15) is 57.1 Å². The SMILES string of the molecule is CC1CC(C(=O)O)N2CCCC12.CCCCN(C(=O)Cc1ccccc1Cl)c1nnc(-c2ccccc2C)s1. The number of hydrogen-bond donors (Lipinski definition) is 1. The molecule has 2 saturated heterocycles. The van der Waals surface area contributed by atoms with Crippen LogP contribution in [0.4, 0.5) is 5.13 Å². The monoisotopic (exact) mass is 568 g/mol. The summed E-state index contributed by atoms with van der Waals surface area (Å²) in [4.78, 5) is 27.8. The van der Waals surface area contributed by atoms with Crippen LogP contribution in [0.25, 0.3) is 10.6 Å². The van der Waals surface area contributed by atoms with E-state index >= 15 is 0 Å². The number of hydrogen-bond acceptors (Lipinski definition) is 6. The zero-order valence-corrected chi connectivity index (χ0v) is 24.4. The van der Waals surface area contributed by atoms with E-state index in [-0.39, 0.29) is 18.4 Å². The number of aryl methyl sites for hydroxylation is 1. The number of fused-ring (bicyclic) bond motifs is 1. The zero-order chi connectivity index (χ0) is 27.9. The van der Waals surface area contributed by atoms with Crippen LogP contribution in [0.5, 0.6) is 0 Å². The van der Waals surface area contributed by atoms with Gasteiger partial charge in [0.2, 0.25) is 11.0 Å². The van der Waals surface area contributed by atoms with Crippen molar-refractivity contribution in [3.63, 3.8) is 0 Å². The molecule has 1 N–H and O–H groups in total. The van der Waals surface area contributed by atoms with E-state index in [4.69, 9.17) is 16.7 Å². The third kappa shape index (κ3) is 7.04. The van der Waals surface area contributed by atoms with E-state index in [1.165, 1.54) is 24.2 Å². The summed E-state index contributed by atoms with van der Waals surface area (Å²) >= 11 is 7.68. The summed E-state index contributed by atoms with van der Waals surface area (Å²) in [6.07, 6.45) is 5.39. The van der Waals surface area contributed by atoms with Gasteiger partial charge in [0.25, 0.3) is 0 Å². The number of carboxylic acids is 1. The second-order valence-corrected chi connectivity index (χ2v) is 11.7. The first-order valence-corrected chi connectivity index (χ1v) is 14.9. The van der Waals surface area contributed by atoms with Gasteiger partial charge in [-0.3, -0.25) is 19.4 Å². The summed E-state index contributed by atoms with van der Waals surface area (Å²) in [6.45, 7) is 7.95. The van der Waals surface area contributed by atoms with Crippen molar-refractivity contribution in [3.8, 4) is 10.6 Å². The summed E-state index contributed by atoms with van der Waals surface area (Å²) in [6, 6.07) is 15.9. The van der Waals surface area contributed by atoms with E-state index in [2.05, 4.69) is 28.9 Å². The molecular weight excluding hydrogens is 532 g/mol. The quantitative estimate of drug-likeness (QED) is 0.334. The average molecular weight is 569 g/mol. The zero-order valence-electron chi connectivity index (χ0n) is 22.8. The Morgan fingerprint density at radius 2 is 1.90 bits per heavy atom. The number of aromatic nitrogens is 2. The number of anilines is 1. The minimum Gasteiger partial charge on any atom is -0.480 e. The molecular formula is C30H37ClN4O3S. The van der Waals surface area contributed by atoms with Crippen LogP contribution in [0, 0.1) is 12.8 Å². The molecule has 3 unspecified atom stereocenters. The van der Waals surface area contributed by atoms with Gasteiger partial charge in [0, 0.05) is 23.2 Å². The maximum Gasteiger partial charge on any atom is 0.320 e. The van der Waals surface area contributed by atoms with Crippen LogP contribution >= 0.6 is 22.9 Å². The van der Waals surface area contributed by atoms with E-state index in [0.29, 0.717) is 28.7 Å². The molecule has 0 radical (unpaired) electrons. The van der Waals surface area contributed by atoms with Gasteiger partial charge in [0.15, 0.2) is 0 Å². The predicted octanol–water partition coefficient (Wildman–Crippen LogP) is 6.49.